The van der Waals surface area contributed by atoms with Gasteiger partial charge in [0, 0.05) is 21.9 Å². The van der Waals surface area contributed by atoms with E-state index in [1.807, 2.05) is 0 Å². The lowest BCUT2D eigenvalue weighted by Crippen LogP contribution is -2.14. The second kappa shape index (κ2) is 9.66. The number of pyridine rings is 2. The van der Waals surface area contributed by atoms with Crippen LogP contribution in [0.3, 0.4) is 0 Å². The largest absolute Gasteiger partial charge is 0.247 e. The Kier molecular flexibility index (Phi) is 5.99. The molecule has 2 heteroatoms. The summed E-state index contributed by atoms with van der Waals surface area (Å²) >= 11 is 0. The van der Waals surface area contributed by atoms with Crippen LogP contribution < -0.4 is 0 Å². The molecule has 0 spiro atoms. The smallest absolute Gasteiger partial charge is 0.0747 e. The third kappa shape index (κ3) is 3.76. The zero-order chi connectivity index (χ0) is 25.6. The Hall–Kier alpha value is -3.52. The molecule has 2 nitrogen and oxygen atoms in total. The summed E-state index contributed by atoms with van der Waals surface area (Å²) in [6.07, 6.45) is 11.5. The molecule has 0 unspecified atom stereocenters. The fourth-order valence-corrected chi connectivity index (χ4v) is 6.97. The van der Waals surface area contributed by atoms with E-state index in [4.69, 9.17) is 9.97 Å². The molecule has 2 heterocycles. The molecule has 0 radical (unpaired) electrons. The SMILES string of the molecule is CCCCc1c2c(nc3ccccc13)-c1cc3c(cc1CC2)-c1nc2ccccc2c(CCCC)c1CC3. The van der Waals surface area contributed by atoms with E-state index in [9.17, 15) is 0 Å². The predicted molar refractivity (Wildman–Crippen MR) is 160 cm³/mol. The summed E-state index contributed by atoms with van der Waals surface area (Å²) in [7, 11) is 0. The van der Waals surface area contributed by atoms with Crippen LogP contribution in [0.2, 0.25) is 0 Å². The second-order valence-corrected chi connectivity index (χ2v) is 11.2. The summed E-state index contributed by atoms with van der Waals surface area (Å²) < 4.78 is 0. The Morgan fingerprint density at radius 3 is 1.47 bits per heavy atom. The van der Waals surface area contributed by atoms with Gasteiger partial charge in [-0.1, -0.05) is 63.1 Å². The molecule has 0 atom stereocenters. The number of unbranched alkanes of at least 4 members (excludes halogenated alkanes) is 2. The van der Waals surface area contributed by atoms with Crippen molar-refractivity contribution >= 4 is 21.8 Å². The Labute approximate surface area is 226 Å². The number of aromatic nitrogens is 2. The number of benzene rings is 3. The zero-order valence-corrected chi connectivity index (χ0v) is 22.7. The van der Waals surface area contributed by atoms with Crippen LogP contribution in [0.1, 0.15) is 72.9 Å². The van der Waals surface area contributed by atoms with Crippen LogP contribution in [-0.2, 0) is 38.5 Å². The molecule has 0 saturated heterocycles. The van der Waals surface area contributed by atoms with Crippen molar-refractivity contribution in [2.24, 2.45) is 0 Å². The standard InChI is InChI=1S/C36H36N2/c1-3-5-11-25-27-13-7-9-15-33(27)37-35-29(25)19-17-23-22-32-24(21-31(23)35)18-20-30-26(12-6-4-2)28-14-8-10-16-34(28)38-36(30)32/h7-10,13-16,21-22H,3-6,11-12,17-20H2,1-2H3. The maximum absolute atomic E-state index is 5.29. The molecular formula is C36H36N2. The highest BCUT2D eigenvalue weighted by atomic mass is 14.7. The van der Waals surface area contributed by atoms with Crippen molar-refractivity contribution in [1.82, 2.24) is 9.97 Å². The number of hydrogen-bond donors (Lipinski definition) is 0. The summed E-state index contributed by atoms with van der Waals surface area (Å²) in [5.74, 6) is 0. The molecule has 7 rings (SSSR count). The number of para-hydroxylation sites is 2. The highest BCUT2D eigenvalue weighted by molar-refractivity contribution is 5.91. The first-order chi connectivity index (χ1) is 18.8. The lowest BCUT2D eigenvalue weighted by molar-refractivity contribution is 0.781. The van der Waals surface area contributed by atoms with Crippen molar-refractivity contribution in [3.63, 3.8) is 0 Å². The lowest BCUT2D eigenvalue weighted by atomic mass is 9.78. The van der Waals surface area contributed by atoms with E-state index in [2.05, 4.69) is 74.5 Å². The number of nitrogens with zero attached hydrogens (tertiary/aromatic N) is 2. The van der Waals surface area contributed by atoms with Gasteiger partial charge in [0.25, 0.3) is 0 Å². The maximum Gasteiger partial charge on any atom is 0.0747 e. The summed E-state index contributed by atoms with van der Waals surface area (Å²) in [5, 5.41) is 2.71. The number of fused-ring (bicyclic) bond motifs is 8. The van der Waals surface area contributed by atoms with E-state index < -0.39 is 0 Å². The van der Waals surface area contributed by atoms with Gasteiger partial charge in [-0.15, -0.1) is 0 Å². The third-order valence-corrected chi connectivity index (χ3v) is 8.91. The molecule has 2 aromatic heterocycles. The highest BCUT2D eigenvalue weighted by Gasteiger charge is 2.28. The molecule has 38 heavy (non-hydrogen) atoms. The van der Waals surface area contributed by atoms with E-state index >= 15 is 0 Å². The van der Waals surface area contributed by atoms with Gasteiger partial charge in [-0.3, -0.25) is 0 Å². The molecule has 0 aliphatic heterocycles. The second-order valence-electron chi connectivity index (χ2n) is 11.2. The molecule has 3 aromatic carbocycles. The fourth-order valence-electron chi connectivity index (χ4n) is 6.97. The topological polar surface area (TPSA) is 25.8 Å². The van der Waals surface area contributed by atoms with E-state index in [0.29, 0.717) is 0 Å². The van der Waals surface area contributed by atoms with Gasteiger partial charge in [0.2, 0.25) is 0 Å². The Balaban J connectivity index is 1.41. The Morgan fingerprint density at radius 2 is 1.03 bits per heavy atom. The Morgan fingerprint density at radius 1 is 0.579 bits per heavy atom. The van der Waals surface area contributed by atoms with Gasteiger partial charge in [-0.2, -0.15) is 0 Å². The monoisotopic (exact) mass is 496 g/mol. The van der Waals surface area contributed by atoms with Crippen molar-refractivity contribution in [3.8, 4) is 22.5 Å². The minimum atomic E-state index is 1.08. The quantitative estimate of drug-likeness (QED) is 0.234. The predicted octanol–water partition coefficient (Wildman–Crippen LogP) is 9.00. The van der Waals surface area contributed by atoms with Crippen LogP contribution >= 0.6 is 0 Å². The van der Waals surface area contributed by atoms with Crippen molar-refractivity contribution in [3.05, 3.63) is 94.0 Å². The summed E-state index contributed by atoms with van der Waals surface area (Å²) in [6, 6.07) is 22.5. The fraction of sp³-hybridized carbons (Fsp3) is 0.333. The van der Waals surface area contributed by atoms with Crippen LogP contribution in [0.5, 0.6) is 0 Å². The van der Waals surface area contributed by atoms with Gasteiger partial charge in [0.1, 0.15) is 0 Å². The van der Waals surface area contributed by atoms with Crippen molar-refractivity contribution in [2.75, 3.05) is 0 Å². The number of hydrogen-bond acceptors (Lipinski definition) is 2. The molecule has 0 N–H and O–H groups in total. The molecule has 5 aromatic rings. The van der Waals surface area contributed by atoms with Crippen LogP contribution in [0.25, 0.3) is 44.3 Å². The van der Waals surface area contributed by atoms with Gasteiger partial charge >= 0.3 is 0 Å². The summed E-state index contributed by atoms with van der Waals surface area (Å²) in [4.78, 5) is 10.6. The van der Waals surface area contributed by atoms with Crippen LogP contribution in [-0.4, -0.2) is 9.97 Å². The average Bonchev–Trinajstić information content (AvgIpc) is 2.96. The van der Waals surface area contributed by atoms with Crippen LogP contribution in [0.4, 0.5) is 0 Å². The molecule has 0 bridgehead atoms. The first kappa shape index (κ1) is 23.6. The van der Waals surface area contributed by atoms with E-state index in [-0.39, 0.29) is 0 Å². The molecule has 2 aliphatic rings. The zero-order valence-electron chi connectivity index (χ0n) is 22.7. The lowest BCUT2D eigenvalue weighted by Gasteiger charge is -2.28. The Bertz CT molecular complexity index is 1570. The number of aryl methyl sites for hydroxylation is 4. The van der Waals surface area contributed by atoms with E-state index in [0.717, 1.165) is 49.6 Å². The van der Waals surface area contributed by atoms with Gasteiger partial charge < -0.3 is 0 Å². The molecule has 0 amide bonds. The average molecular weight is 497 g/mol. The van der Waals surface area contributed by atoms with Crippen molar-refractivity contribution in [1.29, 1.82) is 0 Å². The molecule has 2 aliphatic carbocycles. The molecule has 0 saturated carbocycles. The highest BCUT2D eigenvalue weighted by Crippen LogP contribution is 2.44. The maximum atomic E-state index is 5.29. The minimum absolute atomic E-state index is 1.08. The molecule has 0 fully saturated rings. The molecule has 190 valence electrons. The van der Waals surface area contributed by atoms with Crippen molar-refractivity contribution < 1.29 is 0 Å². The van der Waals surface area contributed by atoms with Gasteiger partial charge in [0.15, 0.2) is 0 Å². The van der Waals surface area contributed by atoms with E-state index in [1.165, 1.54) is 92.4 Å². The van der Waals surface area contributed by atoms with Gasteiger partial charge in [0.05, 0.1) is 22.4 Å². The van der Waals surface area contributed by atoms with Gasteiger partial charge in [-0.25, -0.2) is 9.97 Å². The first-order valence-electron chi connectivity index (χ1n) is 14.7. The first-order valence-corrected chi connectivity index (χ1v) is 14.7. The van der Waals surface area contributed by atoms with Crippen molar-refractivity contribution in [2.45, 2.75) is 78.1 Å². The third-order valence-electron chi connectivity index (χ3n) is 8.91. The van der Waals surface area contributed by atoms with Gasteiger partial charge in [-0.05, 0) is 109 Å². The van der Waals surface area contributed by atoms with Crippen LogP contribution in [0, 0.1) is 0 Å². The number of rotatable bonds is 6. The minimum Gasteiger partial charge on any atom is -0.247 e. The normalized spacial score (nSPS) is 13.7. The molecular weight excluding hydrogens is 460 g/mol. The van der Waals surface area contributed by atoms with E-state index in [1.54, 1.807) is 0 Å². The summed E-state index contributed by atoms with van der Waals surface area (Å²) in [6.45, 7) is 4.58. The van der Waals surface area contributed by atoms with Crippen LogP contribution in [0.15, 0.2) is 60.7 Å². The summed E-state index contributed by atoms with van der Waals surface area (Å²) in [5.41, 5.74) is 16.4.